The van der Waals surface area contributed by atoms with Gasteiger partial charge in [0.15, 0.2) is 0 Å². The molecule has 0 nitrogen and oxygen atoms in total. The number of rotatable bonds is 0. The van der Waals surface area contributed by atoms with Gasteiger partial charge < -0.3 is 0 Å². The van der Waals surface area contributed by atoms with Crippen molar-refractivity contribution in [3.8, 4) is 23.7 Å². The van der Waals surface area contributed by atoms with E-state index in [0.717, 1.165) is 11.1 Å². The van der Waals surface area contributed by atoms with Crippen LogP contribution in [0.4, 0.5) is 0 Å². The summed E-state index contributed by atoms with van der Waals surface area (Å²) < 4.78 is 0. The molecule has 0 aliphatic heterocycles. The zero-order chi connectivity index (χ0) is 12.5. The Bertz CT molecular complexity index is 567. The molecule has 0 radical (unpaired) electrons. The van der Waals surface area contributed by atoms with Crippen molar-refractivity contribution in [2.75, 3.05) is 0 Å². The van der Waals surface area contributed by atoms with Crippen LogP contribution in [0.5, 0.6) is 0 Å². The third kappa shape index (κ3) is 4.05. The van der Waals surface area contributed by atoms with Gasteiger partial charge in [0.1, 0.15) is 0 Å². The Hall–Kier alpha value is -2.70. The van der Waals surface area contributed by atoms with Crippen molar-refractivity contribution in [2.24, 2.45) is 0 Å². The van der Waals surface area contributed by atoms with E-state index in [2.05, 4.69) is 23.7 Å². The lowest BCUT2D eigenvalue weighted by Crippen LogP contribution is -1.69. The van der Waals surface area contributed by atoms with E-state index in [9.17, 15) is 0 Å². The highest BCUT2D eigenvalue weighted by Crippen LogP contribution is 1.95. The van der Waals surface area contributed by atoms with Crippen LogP contribution in [-0.2, 0) is 0 Å². The van der Waals surface area contributed by atoms with Crippen molar-refractivity contribution >= 4 is 0 Å². The van der Waals surface area contributed by atoms with E-state index in [-0.39, 0.29) is 0 Å². The monoisotopic (exact) mass is 228 g/mol. The summed E-state index contributed by atoms with van der Waals surface area (Å²) in [4.78, 5) is 0. The van der Waals surface area contributed by atoms with Crippen LogP contribution in [0.15, 0.2) is 72.8 Å². The van der Waals surface area contributed by atoms with Gasteiger partial charge in [-0.25, -0.2) is 0 Å². The Balaban J connectivity index is 1.94. The predicted molar refractivity (Wildman–Crippen MR) is 75.8 cm³/mol. The van der Waals surface area contributed by atoms with Crippen LogP contribution in [-0.4, -0.2) is 0 Å². The number of hydrogen-bond acceptors (Lipinski definition) is 0. The molecule has 18 heavy (non-hydrogen) atoms. The van der Waals surface area contributed by atoms with E-state index in [1.165, 1.54) is 0 Å². The minimum atomic E-state index is 1.01. The maximum atomic E-state index is 3.04. The normalized spacial score (nSPS) is 9.11. The summed E-state index contributed by atoms with van der Waals surface area (Å²) in [7, 11) is 0. The molecule has 0 N–H and O–H groups in total. The summed E-state index contributed by atoms with van der Waals surface area (Å²) in [6.07, 6.45) is 3.53. The fourth-order valence-corrected chi connectivity index (χ4v) is 1.38. The minimum Gasteiger partial charge on any atom is -0.0689 e. The molecule has 0 saturated heterocycles. The summed E-state index contributed by atoms with van der Waals surface area (Å²) in [6, 6.07) is 19.8. The first-order valence-electron chi connectivity index (χ1n) is 5.73. The van der Waals surface area contributed by atoms with Crippen molar-refractivity contribution < 1.29 is 0 Å². The molecule has 0 spiro atoms. The molecule has 0 saturated carbocycles. The average molecular weight is 228 g/mol. The van der Waals surface area contributed by atoms with Crippen molar-refractivity contribution in [1.29, 1.82) is 0 Å². The van der Waals surface area contributed by atoms with Gasteiger partial charge in [0.2, 0.25) is 0 Å². The molecular weight excluding hydrogens is 216 g/mol. The van der Waals surface area contributed by atoms with Crippen molar-refractivity contribution in [3.05, 3.63) is 83.9 Å². The first-order valence-corrected chi connectivity index (χ1v) is 5.73. The molecule has 0 aliphatic carbocycles. The van der Waals surface area contributed by atoms with Crippen LogP contribution in [0, 0.1) is 23.7 Å². The Morgan fingerprint density at radius 1 is 0.556 bits per heavy atom. The van der Waals surface area contributed by atoms with Gasteiger partial charge in [-0.1, -0.05) is 60.1 Å². The third-order valence-corrected chi connectivity index (χ3v) is 2.23. The molecule has 0 unspecified atom stereocenters. The highest BCUT2D eigenvalue weighted by molar-refractivity contribution is 5.40. The predicted octanol–water partition coefficient (Wildman–Crippen LogP) is 3.65. The summed E-state index contributed by atoms with van der Waals surface area (Å²) in [5.41, 5.74) is 2.02. The van der Waals surface area contributed by atoms with Crippen molar-refractivity contribution in [3.63, 3.8) is 0 Å². The van der Waals surface area contributed by atoms with E-state index >= 15 is 0 Å². The fraction of sp³-hybridized carbons (Fsp3) is 0. The second-order valence-electron chi connectivity index (χ2n) is 3.60. The molecule has 0 aromatic heterocycles. The molecule has 0 atom stereocenters. The van der Waals surface area contributed by atoms with Gasteiger partial charge >= 0.3 is 0 Å². The van der Waals surface area contributed by atoms with Gasteiger partial charge in [-0.3, -0.25) is 0 Å². The Kier molecular flexibility index (Phi) is 4.44. The molecule has 0 fully saturated rings. The van der Waals surface area contributed by atoms with Gasteiger partial charge in [0.25, 0.3) is 0 Å². The van der Waals surface area contributed by atoms with Crippen LogP contribution in [0.25, 0.3) is 0 Å². The Labute approximate surface area is 108 Å². The number of allylic oxidation sites excluding steroid dienone is 2. The highest BCUT2D eigenvalue weighted by Gasteiger charge is 1.79. The van der Waals surface area contributed by atoms with Crippen LogP contribution in [0.2, 0.25) is 0 Å². The van der Waals surface area contributed by atoms with E-state index in [4.69, 9.17) is 0 Å². The van der Waals surface area contributed by atoms with E-state index < -0.39 is 0 Å². The van der Waals surface area contributed by atoms with E-state index in [0.29, 0.717) is 0 Å². The molecular formula is C18H12. The molecule has 2 aromatic carbocycles. The molecule has 0 heteroatoms. The lowest BCUT2D eigenvalue weighted by Gasteiger charge is -1.84. The largest absolute Gasteiger partial charge is 0.0689 e. The molecule has 0 heterocycles. The van der Waals surface area contributed by atoms with Gasteiger partial charge in [-0.2, -0.15) is 0 Å². The van der Waals surface area contributed by atoms with Crippen LogP contribution >= 0.6 is 0 Å². The molecule has 2 rings (SSSR count). The summed E-state index contributed by atoms with van der Waals surface area (Å²) in [5.74, 6) is 12.0. The average Bonchev–Trinajstić information content (AvgIpc) is 2.45. The highest BCUT2D eigenvalue weighted by atomic mass is 13.8. The summed E-state index contributed by atoms with van der Waals surface area (Å²) >= 11 is 0. The smallest absolute Gasteiger partial charge is 0.0248 e. The maximum absolute atomic E-state index is 3.04. The Morgan fingerprint density at radius 3 is 1.33 bits per heavy atom. The topological polar surface area (TPSA) is 0 Å². The first-order chi connectivity index (χ1) is 8.95. The number of benzene rings is 2. The Morgan fingerprint density at radius 2 is 0.944 bits per heavy atom. The molecule has 0 bridgehead atoms. The second kappa shape index (κ2) is 6.79. The van der Waals surface area contributed by atoms with Gasteiger partial charge in [0, 0.05) is 11.1 Å². The molecule has 2 aromatic rings. The van der Waals surface area contributed by atoms with Crippen LogP contribution in [0.3, 0.4) is 0 Å². The van der Waals surface area contributed by atoms with E-state index in [1.807, 2.05) is 60.7 Å². The molecule has 0 amide bonds. The van der Waals surface area contributed by atoms with Crippen molar-refractivity contribution in [1.82, 2.24) is 0 Å². The zero-order valence-electron chi connectivity index (χ0n) is 9.93. The fourth-order valence-electron chi connectivity index (χ4n) is 1.38. The zero-order valence-corrected chi connectivity index (χ0v) is 9.93. The van der Waals surface area contributed by atoms with Crippen LogP contribution in [0.1, 0.15) is 11.1 Å². The van der Waals surface area contributed by atoms with Crippen LogP contribution < -0.4 is 0 Å². The molecule has 84 valence electrons. The van der Waals surface area contributed by atoms with Crippen molar-refractivity contribution in [2.45, 2.75) is 0 Å². The van der Waals surface area contributed by atoms with Gasteiger partial charge in [0.05, 0.1) is 0 Å². The minimum absolute atomic E-state index is 1.01. The third-order valence-electron chi connectivity index (χ3n) is 2.23. The molecule has 0 aliphatic rings. The SMILES string of the molecule is C(#Cc1ccccc1)/C=C/C#Cc1ccccc1. The van der Waals surface area contributed by atoms with E-state index in [1.54, 1.807) is 12.2 Å². The summed E-state index contributed by atoms with van der Waals surface area (Å²) in [6.45, 7) is 0. The summed E-state index contributed by atoms with van der Waals surface area (Å²) in [5, 5.41) is 0. The van der Waals surface area contributed by atoms with Gasteiger partial charge in [-0.15, -0.1) is 0 Å². The standard InChI is InChI=1S/C18H12/c1(5-11-17-13-7-3-8-14-17)2-6-12-18-15-9-4-10-16-18/h1-4,7-10,13-16H/b2-1+. The quantitative estimate of drug-likeness (QED) is 0.604. The van der Waals surface area contributed by atoms with Gasteiger partial charge in [-0.05, 0) is 36.4 Å². The number of hydrogen-bond donors (Lipinski definition) is 0. The second-order valence-corrected chi connectivity index (χ2v) is 3.60. The maximum Gasteiger partial charge on any atom is 0.0248 e. The first kappa shape index (κ1) is 11.8. The lowest BCUT2D eigenvalue weighted by molar-refractivity contribution is 1.65. The lowest BCUT2D eigenvalue weighted by atomic mass is 10.2.